The molecule has 0 bridgehead atoms. The standard InChI is InChI=1S/C21H19N3O2/c1-13-7-10-18-17(11-13)16-9-8-15(20(25)19(16)23-18)12-22-24-21(26)14-5-3-2-4-6-14/h2-7,10-12,15,23H,8-9H2,1H3,(H,24,26)/t15-/m1/s1. The van der Waals surface area contributed by atoms with Crippen LogP contribution in [0.3, 0.4) is 0 Å². The summed E-state index contributed by atoms with van der Waals surface area (Å²) in [6.45, 7) is 2.05. The Morgan fingerprint density at radius 1 is 1.23 bits per heavy atom. The first kappa shape index (κ1) is 16.3. The number of nitrogens with zero attached hydrogens (tertiary/aromatic N) is 1. The van der Waals surface area contributed by atoms with E-state index in [1.807, 2.05) is 25.1 Å². The molecule has 2 N–H and O–H groups in total. The Morgan fingerprint density at radius 3 is 2.85 bits per heavy atom. The lowest BCUT2D eigenvalue weighted by molar-refractivity contribution is 0.0929. The molecular weight excluding hydrogens is 326 g/mol. The summed E-state index contributed by atoms with van der Waals surface area (Å²) in [7, 11) is 0. The SMILES string of the molecule is Cc1ccc2[nH]c3c(c2c1)CC[C@H](C=NNC(=O)c1ccccc1)C3=O. The van der Waals surface area contributed by atoms with Gasteiger partial charge < -0.3 is 4.98 Å². The smallest absolute Gasteiger partial charge is 0.271 e. The van der Waals surface area contributed by atoms with Gasteiger partial charge in [0, 0.05) is 22.7 Å². The highest BCUT2D eigenvalue weighted by Crippen LogP contribution is 2.31. The molecule has 0 fully saturated rings. The van der Waals surface area contributed by atoms with Crippen LogP contribution in [0, 0.1) is 12.8 Å². The van der Waals surface area contributed by atoms with E-state index in [0.29, 0.717) is 17.7 Å². The molecule has 1 atom stereocenters. The van der Waals surface area contributed by atoms with E-state index in [-0.39, 0.29) is 17.6 Å². The quantitative estimate of drug-likeness (QED) is 0.562. The predicted molar refractivity (Wildman–Crippen MR) is 102 cm³/mol. The van der Waals surface area contributed by atoms with Crippen LogP contribution in [0.1, 0.15) is 38.4 Å². The Hall–Kier alpha value is -3.21. The molecule has 5 nitrogen and oxygen atoms in total. The molecule has 0 radical (unpaired) electrons. The van der Waals surface area contributed by atoms with Crippen molar-refractivity contribution >= 4 is 28.8 Å². The first-order valence-electron chi connectivity index (χ1n) is 8.67. The molecular formula is C21H19N3O2. The molecule has 0 aliphatic heterocycles. The summed E-state index contributed by atoms with van der Waals surface area (Å²) in [4.78, 5) is 28.0. The molecule has 1 aromatic heterocycles. The minimum absolute atomic E-state index is 0.0258. The average molecular weight is 345 g/mol. The van der Waals surface area contributed by atoms with E-state index in [0.717, 1.165) is 22.9 Å². The van der Waals surface area contributed by atoms with E-state index < -0.39 is 0 Å². The molecule has 0 spiro atoms. The van der Waals surface area contributed by atoms with Gasteiger partial charge in [-0.3, -0.25) is 9.59 Å². The zero-order chi connectivity index (χ0) is 18.1. The summed E-state index contributed by atoms with van der Waals surface area (Å²) in [5.74, 6) is -0.586. The van der Waals surface area contributed by atoms with Gasteiger partial charge in [0.1, 0.15) is 0 Å². The molecule has 1 aliphatic carbocycles. The number of carbonyl (C=O) groups excluding carboxylic acids is 2. The van der Waals surface area contributed by atoms with Crippen molar-refractivity contribution < 1.29 is 9.59 Å². The Labute approximate surface area is 151 Å². The van der Waals surface area contributed by atoms with Crippen LogP contribution >= 0.6 is 0 Å². The number of Topliss-reactive ketones (excluding diaryl/α,β-unsaturated/α-hetero) is 1. The largest absolute Gasteiger partial charge is 0.352 e. The zero-order valence-electron chi connectivity index (χ0n) is 14.5. The fraction of sp³-hybridized carbons (Fsp3) is 0.190. The van der Waals surface area contributed by atoms with Crippen molar-refractivity contribution in [3.63, 3.8) is 0 Å². The van der Waals surface area contributed by atoms with Crippen LogP contribution in [0.4, 0.5) is 0 Å². The van der Waals surface area contributed by atoms with Crippen LogP contribution in [-0.2, 0) is 6.42 Å². The third-order valence-corrected chi connectivity index (χ3v) is 4.81. The van der Waals surface area contributed by atoms with E-state index in [9.17, 15) is 9.59 Å². The highest BCUT2D eigenvalue weighted by atomic mass is 16.2. The van der Waals surface area contributed by atoms with Crippen LogP contribution in [0.2, 0.25) is 0 Å². The van der Waals surface area contributed by atoms with Crippen LogP contribution in [0.15, 0.2) is 53.6 Å². The second-order valence-corrected chi connectivity index (χ2v) is 6.62. The summed E-state index contributed by atoms with van der Waals surface area (Å²) < 4.78 is 0. The van der Waals surface area contributed by atoms with E-state index in [1.54, 1.807) is 30.5 Å². The number of amides is 1. The number of aromatic nitrogens is 1. The third kappa shape index (κ3) is 2.92. The summed E-state index contributed by atoms with van der Waals surface area (Å²) in [5, 5.41) is 5.13. The highest BCUT2D eigenvalue weighted by molar-refractivity contribution is 6.10. The van der Waals surface area contributed by atoms with E-state index in [2.05, 4.69) is 21.6 Å². The topological polar surface area (TPSA) is 74.3 Å². The lowest BCUT2D eigenvalue weighted by Crippen LogP contribution is -2.25. The average Bonchev–Trinajstić information content (AvgIpc) is 3.03. The molecule has 4 rings (SSSR count). The maximum Gasteiger partial charge on any atom is 0.271 e. The van der Waals surface area contributed by atoms with Crippen LogP contribution in [0.5, 0.6) is 0 Å². The third-order valence-electron chi connectivity index (χ3n) is 4.81. The van der Waals surface area contributed by atoms with Gasteiger partial charge in [-0.25, -0.2) is 5.43 Å². The van der Waals surface area contributed by atoms with Gasteiger partial charge in [0.15, 0.2) is 5.78 Å². The Balaban J connectivity index is 1.51. The summed E-state index contributed by atoms with van der Waals surface area (Å²) >= 11 is 0. The lowest BCUT2D eigenvalue weighted by atomic mass is 9.86. The van der Waals surface area contributed by atoms with E-state index >= 15 is 0 Å². The fourth-order valence-corrected chi connectivity index (χ4v) is 3.43. The van der Waals surface area contributed by atoms with Gasteiger partial charge in [0.25, 0.3) is 5.91 Å². The fourth-order valence-electron chi connectivity index (χ4n) is 3.43. The number of hydrogen-bond acceptors (Lipinski definition) is 3. The molecule has 1 heterocycles. The number of aryl methyl sites for hydroxylation is 2. The van der Waals surface area contributed by atoms with E-state index in [1.165, 1.54) is 5.56 Å². The molecule has 1 amide bonds. The predicted octanol–water partition coefficient (Wildman–Crippen LogP) is 3.64. The Kier molecular flexibility index (Phi) is 4.13. The Bertz CT molecular complexity index is 1020. The second-order valence-electron chi connectivity index (χ2n) is 6.62. The number of carbonyl (C=O) groups is 2. The molecule has 3 aromatic rings. The van der Waals surface area contributed by atoms with E-state index in [4.69, 9.17) is 0 Å². The van der Waals surface area contributed by atoms with Gasteiger partial charge >= 0.3 is 0 Å². The molecule has 2 aromatic carbocycles. The first-order valence-corrected chi connectivity index (χ1v) is 8.67. The zero-order valence-corrected chi connectivity index (χ0v) is 14.5. The highest BCUT2D eigenvalue weighted by Gasteiger charge is 2.29. The van der Waals surface area contributed by atoms with Crippen molar-refractivity contribution in [2.24, 2.45) is 11.0 Å². The van der Waals surface area contributed by atoms with Gasteiger partial charge in [-0.05, 0) is 49.6 Å². The van der Waals surface area contributed by atoms with Crippen molar-refractivity contribution in [3.8, 4) is 0 Å². The number of aromatic amines is 1. The Morgan fingerprint density at radius 2 is 2.04 bits per heavy atom. The number of benzene rings is 2. The number of fused-ring (bicyclic) bond motifs is 3. The number of hydrazone groups is 1. The van der Waals surface area contributed by atoms with Gasteiger partial charge in [-0.2, -0.15) is 5.10 Å². The summed E-state index contributed by atoms with van der Waals surface area (Å²) in [5.41, 5.74) is 6.96. The number of H-pyrrole nitrogens is 1. The maximum absolute atomic E-state index is 12.8. The van der Waals surface area contributed by atoms with Crippen molar-refractivity contribution in [3.05, 3.63) is 70.9 Å². The van der Waals surface area contributed by atoms with Gasteiger partial charge in [0.05, 0.1) is 11.6 Å². The molecule has 26 heavy (non-hydrogen) atoms. The number of hydrogen-bond donors (Lipinski definition) is 2. The van der Waals surface area contributed by atoms with Crippen molar-refractivity contribution in [1.29, 1.82) is 0 Å². The lowest BCUT2D eigenvalue weighted by Gasteiger charge is -2.17. The van der Waals surface area contributed by atoms with Crippen LogP contribution < -0.4 is 5.43 Å². The number of rotatable bonds is 3. The molecule has 0 saturated carbocycles. The van der Waals surface area contributed by atoms with Crippen LogP contribution in [0.25, 0.3) is 10.9 Å². The van der Waals surface area contributed by atoms with Crippen molar-refractivity contribution in [2.75, 3.05) is 0 Å². The van der Waals surface area contributed by atoms with Crippen molar-refractivity contribution in [2.45, 2.75) is 19.8 Å². The molecule has 0 unspecified atom stereocenters. The van der Waals surface area contributed by atoms with Crippen LogP contribution in [-0.4, -0.2) is 22.9 Å². The monoisotopic (exact) mass is 345 g/mol. The first-order chi connectivity index (χ1) is 12.6. The maximum atomic E-state index is 12.8. The minimum Gasteiger partial charge on any atom is -0.352 e. The van der Waals surface area contributed by atoms with Gasteiger partial charge in [-0.15, -0.1) is 0 Å². The normalized spacial score (nSPS) is 16.8. The number of nitrogens with one attached hydrogen (secondary N) is 2. The van der Waals surface area contributed by atoms with Crippen molar-refractivity contribution in [1.82, 2.24) is 10.4 Å². The summed E-state index contributed by atoms with van der Waals surface area (Å²) in [6.07, 6.45) is 3.05. The number of ketones is 1. The minimum atomic E-state index is -0.326. The second kappa shape index (κ2) is 6.59. The molecule has 5 heteroatoms. The van der Waals surface area contributed by atoms with Gasteiger partial charge in [-0.1, -0.05) is 29.8 Å². The molecule has 0 saturated heterocycles. The molecule has 130 valence electrons. The molecule has 1 aliphatic rings. The summed E-state index contributed by atoms with van der Waals surface area (Å²) in [6, 6.07) is 15.0. The van der Waals surface area contributed by atoms with Gasteiger partial charge in [0.2, 0.25) is 0 Å².